The Morgan fingerprint density at radius 2 is 2.12 bits per heavy atom. The Hall–Kier alpha value is -2.44. The van der Waals surface area contributed by atoms with Gasteiger partial charge in [-0.3, -0.25) is 9.88 Å². The van der Waals surface area contributed by atoms with Gasteiger partial charge in [0.2, 0.25) is 5.95 Å². The summed E-state index contributed by atoms with van der Waals surface area (Å²) in [7, 11) is 0. The Morgan fingerprint density at radius 3 is 2.96 bits per heavy atom. The van der Waals surface area contributed by atoms with Crippen LogP contribution in [0.2, 0.25) is 5.02 Å². The minimum atomic E-state index is -0.474. The summed E-state index contributed by atoms with van der Waals surface area (Å²) in [6, 6.07) is 5.44. The Labute approximate surface area is 149 Å². The van der Waals surface area contributed by atoms with E-state index in [0.717, 1.165) is 29.8 Å². The molecule has 0 atom stereocenters. The molecule has 0 bridgehead atoms. The number of pyridine rings is 2. The highest BCUT2D eigenvalue weighted by molar-refractivity contribution is 6.30. The van der Waals surface area contributed by atoms with E-state index in [1.807, 2.05) is 18.3 Å². The van der Waals surface area contributed by atoms with Crippen LogP contribution in [-0.2, 0) is 19.5 Å². The van der Waals surface area contributed by atoms with Crippen LogP contribution in [0.5, 0.6) is 0 Å². The number of hydrogen-bond donors (Lipinski definition) is 0. The van der Waals surface area contributed by atoms with Crippen LogP contribution in [0.4, 0.5) is 4.39 Å². The summed E-state index contributed by atoms with van der Waals surface area (Å²) in [4.78, 5) is 19.1. The third-order valence-corrected chi connectivity index (χ3v) is 4.41. The number of hydrogen-bond acceptors (Lipinski definition) is 5. The fourth-order valence-corrected chi connectivity index (χ4v) is 3.14. The molecule has 3 aromatic heterocycles. The molecule has 1 aliphatic rings. The maximum atomic E-state index is 13.8. The summed E-state index contributed by atoms with van der Waals surface area (Å²) < 4.78 is 13.8. The molecule has 4 heterocycles. The molecule has 7 heteroatoms. The Balaban J connectivity index is 1.53. The molecule has 25 heavy (non-hydrogen) atoms. The Bertz CT molecular complexity index is 903. The predicted molar refractivity (Wildman–Crippen MR) is 92.3 cm³/mol. The van der Waals surface area contributed by atoms with Crippen molar-refractivity contribution >= 4 is 11.6 Å². The first-order valence-electron chi connectivity index (χ1n) is 7.96. The van der Waals surface area contributed by atoms with Gasteiger partial charge in [0.05, 0.1) is 10.7 Å². The molecular formula is C18H15ClFN5. The molecule has 5 nitrogen and oxygen atoms in total. The van der Waals surface area contributed by atoms with Crippen molar-refractivity contribution < 1.29 is 4.39 Å². The van der Waals surface area contributed by atoms with Gasteiger partial charge in [0.15, 0.2) is 5.82 Å². The lowest BCUT2D eigenvalue weighted by Crippen LogP contribution is -2.31. The smallest absolute Gasteiger partial charge is 0.217 e. The lowest BCUT2D eigenvalue weighted by Gasteiger charge is -2.28. The molecule has 3 aromatic rings. The molecule has 0 unspecified atom stereocenters. The quantitative estimate of drug-likeness (QED) is 0.675. The topological polar surface area (TPSA) is 54.8 Å². The third-order valence-electron chi connectivity index (χ3n) is 4.20. The maximum Gasteiger partial charge on any atom is 0.217 e. The molecule has 126 valence electrons. The van der Waals surface area contributed by atoms with Crippen molar-refractivity contribution in [3.8, 4) is 11.4 Å². The summed E-state index contributed by atoms with van der Waals surface area (Å²) in [6.45, 7) is 1.93. The van der Waals surface area contributed by atoms with E-state index in [0.29, 0.717) is 29.5 Å². The first-order chi connectivity index (χ1) is 12.2. The Kier molecular flexibility index (Phi) is 4.38. The van der Waals surface area contributed by atoms with E-state index in [4.69, 9.17) is 11.6 Å². The molecule has 0 saturated heterocycles. The van der Waals surface area contributed by atoms with Gasteiger partial charge >= 0.3 is 0 Å². The first kappa shape index (κ1) is 16.1. The van der Waals surface area contributed by atoms with Crippen LogP contribution in [-0.4, -0.2) is 31.4 Å². The monoisotopic (exact) mass is 355 g/mol. The molecule has 0 N–H and O–H groups in total. The van der Waals surface area contributed by atoms with Gasteiger partial charge in [0.25, 0.3) is 0 Å². The zero-order chi connectivity index (χ0) is 17.2. The molecular weight excluding hydrogens is 341 g/mol. The molecule has 0 radical (unpaired) electrons. The van der Waals surface area contributed by atoms with Crippen LogP contribution < -0.4 is 0 Å². The number of aromatic nitrogens is 4. The minimum Gasteiger partial charge on any atom is -0.294 e. The molecule has 0 spiro atoms. The zero-order valence-corrected chi connectivity index (χ0v) is 14.1. The highest BCUT2D eigenvalue weighted by atomic mass is 35.5. The lowest BCUT2D eigenvalue weighted by molar-refractivity contribution is 0.239. The molecule has 0 saturated carbocycles. The second-order valence-electron chi connectivity index (χ2n) is 5.97. The fourth-order valence-electron chi connectivity index (χ4n) is 2.96. The van der Waals surface area contributed by atoms with Crippen molar-refractivity contribution in [2.75, 3.05) is 6.54 Å². The highest BCUT2D eigenvalue weighted by Crippen LogP contribution is 2.22. The van der Waals surface area contributed by atoms with Gasteiger partial charge in [-0.05, 0) is 18.2 Å². The van der Waals surface area contributed by atoms with Crippen molar-refractivity contribution in [3.63, 3.8) is 0 Å². The third kappa shape index (κ3) is 3.50. The van der Waals surface area contributed by atoms with Crippen molar-refractivity contribution in [2.45, 2.75) is 19.5 Å². The van der Waals surface area contributed by atoms with E-state index in [1.165, 1.54) is 6.20 Å². The van der Waals surface area contributed by atoms with E-state index in [-0.39, 0.29) is 0 Å². The van der Waals surface area contributed by atoms with Crippen LogP contribution in [0.1, 0.15) is 16.8 Å². The normalized spacial score (nSPS) is 14.3. The number of halogens is 2. The van der Waals surface area contributed by atoms with Gasteiger partial charge in [0.1, 0.15) is 0 Å². The molecule has 0 aromatic carbocycles. The van der Waals surface area contributed by atoms with Gasteiger partial charge in [0, 0.05) is 67.5 Å². The van der Waals surface area contributed by atoms with Gasteiger partial charge < -0.3 is 0 Å². The molecule has 1 aliphatic heterocycles. The summed E-state index contributed by atoms with van der Waals surface area (Å²) >= 11 is 5.92. The van der Waals surface area contributed by atoms with Gasteiger partial charge in [-0.2, -0.15) is 4.39 Å². The second kappa shape index (κ2) is 6.82. The Morgan fingerprint density at radius 1 is 1.20 bits per heavy atom. The SMILES string of the molecule is Fc1ncc(Cl)cc1CN1CCc2nc(-c3cccnc3)ncc2C1. The average Bonchev–Trinajstić information content (AvgIpc) is 2.65. The second-order valence-corrected chi connectivity index (χ2v) is 6.41. The van der Waals surface area contributed by atoms with E-state index in [2.05, 4.69) is 24.8 Å². The highest BCUT2D eigenvalue weighted by Gasteiger charge is 2.20. The van der Waals surface area contributed by atoms with Crippen molar-refractivity contribution in [3.05, 3.63) is 70.8 Å². The van der Waals surface area contributed by atoms with Crippen LogP contribution in [0.3, 0.4) is 0 Å². The van der Waals surface area contributed by atoms with Crippen LogP contribution in [0.25, 0.3) is 11.4 Å². The van der Waals surface area contributed by atoms with Crippen molar-refractivity contribution in [1.82, 2.24) is 24.8 Å². The summed E-state index contributed by atoms with van der Waals surface area (Å²) in [5.41, 5.74) is 3.51. The van der Waals surface area contributed by atoms with E-state index < -0.39 is 5.95 Å². The largest absolute Gasteiger partial charge is 0.294 e. The van der Waals surface area contributed by atoms with Crippen molar-refractivity contribution in [1.29, 1.82) is 0 Å². The standard InChI is InChI=1S/C18H15ClFN5/c19-15-6-13(17(20)22-9-15)10-25-5-3-16-14(11-25)8-23-18(24-16)12-2-1-4-21-7-12/h1-2,4,6-9H,3,5,10-11H2. The van der Waals surface area contributed by atoms with Crippen LogP contribution >= 0.6 is 11.6 Å². The summed E-state index contributed by atoms with van der Waals surface area (Å²) in [5, 5.41) is 0.443. The van der Waals surface area contributed by atoms with E-state index >= 15 is 0 Å². The van der Waals surface area contributed by atoms with Crippen molar-refractivity contribution in [2.24, 2.45) is 0 Å². The fraction of sp³-hybridized carbons (Fsp3) is 0.222. The maximum absolute atomic E-state index is 13.8. The molecule has 4 rings (SSSR count). The predicted octanol–water partition coefficient (Wildman–Crippen LogP) is 3.28. The number of rotatable bonds is 3. The number of fused-ring (bicyclic) bond motifs is 1. The van der Waals surface area contributed by atoms with Gasteiger partial charge in [-0.25, -0.2) is 15.0 Å². The molecule has 0 amide bonds. The first-order valence-corrected chi connectivity index (χ1v) is 8.34. The van der Waals surface area contributed by atoms with E-state index in [9.17, 15) is 4.39 Å². The lowest BCUT2D eigenvalue weighted by atomic mass is 10.1. The zero-order valence-electron chi connectivity index (χ0n) is 13.4. The van der Waals surface area contributed by atoms with Gasteiger partial charge in [-0.15, -0.1) is 0 Å². The van der Waals surface area contributed by atoms with Crippen LogP contribution in [0, 0.1) is 5.95 Å². The molecule has 0 aliphatic carbocycles. The van der Waals surface area contributed by atoms with Gasteiger partial charge in [-0.1, -0.05) is 11.6 Å². The summed E-state index contributed by atoms with van der Waals surface area (Å²) in [5.74, 6) is 0.212. The minimum absolute atomic E-state index is 0.443. The number of nitrogens with zero attached hydrogens (tertiary/aromatic N) is 5. The van der Waals surface area contributed by atoms with E-state index in [1.54, 1.807) is 18.5 Å². The molecule has 0 fully saturated rings. The average molecular weight is 356 g/mol. The van der Waals surface area contributed by atoms with Crippen LogP contribution in [0.15, 0.2) is 43.0 Å². The summed E-state index contributed by atoms with van der Waals surface area (Å²) in [6.07, 6.45) is 7.44.